The van der Waals surface area contributed by atoms with Gasteiger partial charge in [0.15, 0.2) is 11.6 Å². The molecule has 4 rings (SSSR count). The van der Waals surface area contributed by atoms with Crippen molar-refractivity contribution in [3.05, 3.63) is 60.0 Å². The topological polar surface area (TPSA) is 106 Å². The van der Waals surface area contributed by atoms with E-state index in [1.807, 2.05) is 23.2 Å². The summed E-state index contributed by atoms with van der Waals surface area (Å²) in [6.07, 6.45) is 1.08. The number of β-amino-alcohol motifs (C(OH)–C–C–N with tert-alkyl or cyclic N) is 1. The number of hydrogen-bond donors (Lipinski definition) is 5. The van der Waals surface area contributed by atoms with E-state index < -0.39 is 5.82 Å². The molecule has 9 heteroatoms. The van der Waals surface area contributed by atoms with Crippen molar-refractivity contribution >= 4 is 28.8 Å². The SMILES string of the molecule is OCCN1NCc2cc(Nc3ncc(F)c(Nc4cccc(O)c4)n3)ccc21. The van der Waals surface area contributed by atoms with Crippen LogP contribution < -0.4 is 21.1 Å². The molecule has 0 saturated heterocycles. The summed E-state index contributed by atoms with van der Waals surface area (Å²) < 4.78 is 14.1. The summed E-state index contributed by atoms with van der Waals surface area (Å²) in [6, 6.07) is 12.1. The minimum absolute atomic E-state index is 0.0000441. The summed E-state index contributed by atoms with van der Waals surface area (Å²) in [6.45, 7) is 1.22. The van der Waals surface area contributed by atoms with Crippen LogP contribution >= 0.6 is 0 Å². The molecule has 0 atom stereocenters. The largest absolute Gasteiger partial charge is 0.508 e. The Hall–Kier alpha value is -3.43. The van der Waals surface area contributed by atoms with Crippen LogP contribution in [0.3, 0.4) is 0 Å². The summed E-state index contributed by atoms with van der Waals surface area (Å²) in [5.41, 5.74) is 6.55. The number of aromatic hydroxyl groups is 1. The van der Waals surface area contributed by atoms with Gasteiger partial charge >= 0.3 is 0 Å². The summed E-state index contributed by atoms with van der Waals surface area (Å²) in [5.74, 6) is -0.297. The van der Waals surface area contributed by atoms with Gasteiger partial charge in [0.25, 0.3) is 0 Å². The van der Waals surface area contributed by atoms with Crippen LogP contribution in [0.25, 0.3) is 0 Å². The molecule has 2 heterocycles. The maximum atomic E-state index is 14.1. The van der Waals surface area contributed by atoms with Gasteiger partial charge in [0.2, 0.25) is 5.95 Å². The lowest BCUT2D eigenvalue weighted by Crippen LogP contribution is -2.34. The van der Waals surface area contributed by atoms with Crippen LogP contribution in [-0.4, -0.2) is 33.3 Å². The predicted molar refractivity (Wildman–Crippen MR) is 104 cm³/mol. The number of hydrogen-bond acceptors (Lipinski definition) is 8. The number of anilines is 5. The molecule has 5 N–H and O–H groups in total. The van der Waals surface area contributed by atoms with E-state index in [4.69, 9.17) is 5.11 Å². The van der Waals surface area contributed by atoms with Crippen LogP contribution in [0.2, 0.25) is 0 Å². The van der Waals surface area contributed by atoms with Crippen molar-refractivity contribution in [2.45, 2.75) is 6.54 Å². The third kappa shape index (κ3) is 3.80. The van der Waals surface area contributed by atoms with Gasteiger partial charge in [0, 0.05) is 24.0 Å². The van der Waals surface area contributed by atoms with Gasteiger partial charge in [-0.1, -0.05) is 6.07 Å². The van der Waals surface area contributed by atoms with Gasteiger partial charge in [-0.25, -0.2) is 14.8 Å². The fraction of sp³-hybridized carbons (Fsp3) is 0.158. The summed E-state index contributed by atoms with van der Waals surface area (Å²) in [4.78, 5) is 8.17. The lowest BCUT2D eigenvalue weighted by atomic mass is 10.1. The number of nitrogens with zero attached hydrogens (tertiary/aromatic N) is 3. The van der Waals surface area contributed by atoms with E-state index in [0.29, 0.717) is 18.8 Å². The number of fused-ring (bicyclic) bond motifs is 1. The van der Waals surface area contributed by atoms with Gasteiger partial charge in [-0.05, 0) is 35.9 Å². The molecular weight excluding hydrogens is 363 g/mol. The zero-order chi connectivity index (χ0) is 19.5. The van der Waals surface area contributed by atoms with Gasteiger partial charge in [0.05, 0.1) is 25.0 Å². The molecule has 0 radical (unpaired) electrons. The van der Waals surface area contributed by atoms with Gasteiger partial charge < -0.3 is 25.9 Å². The van der Waals surface area contributed by atoms with Gasteiger partial charge in [-0.3, -0.25) is 0 Å². The predicted octanol–water partition coefficient (Wildman–Crippen LogP) is 2.63. The normalized spacial score (nSPS) is 12.7. The highest BCUT2D eigenvalue weighted by Gasteiger charge is 2.18. The van der Waals surface area contributed by atoms with Crippen molar-refractivity contribution in [2.24, 2.45) is 0 Å². The van der Waals surface area contributed by atoms with E-state index >= 15 is 0 Å². The van der Waals surface area contributed by atoms with Crippen molar-refractivity contribution < 1.29 is 14.6 Å². The van der Waals surface area contributed by atoms with Gasteiger partial charge in [-0.2, -0.15) is 4.98 Å². The first-order valence-electron chi connectivity index (χ1n) is 8.73. The van der Waals surface area contributed by atoms with Crippen LogP contribution in [0.4, 0.5) is 33.2 Å². The third-order valence-electron chi connectivity index (χ3n) is 4.26. The standard InChI is InChI=1S/C19H19FN6O2/c20-16-11-21-19(25-18(16)23-13-2-1-3-15(28)9-13)24-14-4-5-17-12(8-14)10-22-26(17)6-7-27/h1-5,8-9,11,22,27-28H,6-7,10H2,(H2,21,23,24,25). The Morgan fingerprint density at radius 1 is 1.14 bits per heavy atom. The quantitative estimate of drug-likeness (QED) is 0.443. The molecule has 1 aliphatic heterocycles. The van der Waals surface area contributed by atoms with Crippen LogP contribution in [0.1, 0.15) is 5.56 Å². The fourth-order valence-corrected chi connectivity index (χ4v) is 3.00. The summed E-state index contributed by atoms with van der Waals surface area (Å²) in [7, 11) is 0. The van der Waals surface area contributed by atoms with Crippen molar-refractivity contribution in [1.29, 1.82) is 0 Å². The molecule has 0 spiro atoms. The molecule has 0 amide bonds. The van der Waals surface area contributed by atoms with E-state index in [1.54, 1.807) is 12.1 Å². The Morgan fingerprint density at radius 3 is 2.82 bits per heavy atom. The van der Waals surface area contributed by atoms with E-state index in [1.165, 1.54) is 12.1 Å². The Balaban J connectivity index is 1.53. The minimum Gasteiger partial charge on any atom is -0.508 e. The van der Waals surface area contributed by atoms with Crippen molar-refractivity contribution in [2.75, 3.05) is 28.8 Å². The third-order valence-corrected chi connectivity index (χ3v) is 4.26. The first kappa shape index (κ1) is 18.0. The number of phenolic OH excluding ortho intramolecular Hbond substituents is 1. The van der Waals surface area contributed by atoms with Crippen molar-refractivity contribution in [3.8, 4) is 5.75 Å². The molecule has 0 fully saturated rings. The highest BCUT2D eigenvalue weighted by atomic mass is 19.1. The van der Waals surface area contributed by atoms with Crippen molar-refractivity contribution in [3.63, 3.8) is 0 Å². The molecule has 0 aliphatic carbocycles. The molecule has 0 bridgehead atoms. The molecule has 0 saturated carbocycles. The Morgan fingerprint density at radius 2 is 2.00 bits per heavy atom. The molecule has 3 aromatic rings. The Kier molecular flexibility index (Phi) is 4.92. The second-order valence-corrected chi connectivity index (χ2v) is 6.24. The molecule has 0 unspecified atom stereocenters. The molecule has 144 valence electrons. The Bertz CT molecular complexity index is 1000. The van der Waals surface area contributed by atoms with E-state index in [0.717, 1.165) is 23.1 Å². The van der Waals surface area contributed by atoms with E-state index in [-0.39, 0.29) is 24.1 Å². The summed E-state index contributed by atoms with van der Waals surface area (Å²) >= 11 is 0. The smallest absolute Gasteiger partial charge is 0.229 e. The average molecular weight is 382 g/mol. The second kappa shape index (κ2) is 7.67. The van der Waals surface area contributed by atoms with E-state index in [9.17, 15) is 9.50 Å². The van der Waals surface area contributed by atoms with Gasteiger partial charge in [-0.15, -0.1) is 0 Å². The zero-order valence-electron chi connectivity index (χ0n) is 14.9. The number of aliphatic hydroxyl groups is 1. The number of benzene rings is 2. The number of nitrogens with one attached hydrogen (secondary N) is 3. The highest BCUT2D eigenvalue weighted by molar-refractivity contribution is 5.66. The number of aliphatic hydroxyl groups excluding tert-OH is 1. The maximum absolute atomic E-state index is 14.1. The van der Waals surface area contributed by atoms with E-state index in [2.05, 4.69) is 26.0 Å². The number of halogens is 1. The number of rotatable bonds is 6. The lowest BCUT2D eigenvalue weighted by Gasteiger charge is -2.17. The monoisotopic (exact) mass is 382 g/mol. The first-order valence-corrected chi connectivity index (χ1v) is 8.73. The first-order chi connectivity index (χ1) is 13.6. The van der Waals surface area contributed by atoms with Crippen LogP contribution in [-0.2, 0) is 6.54 Å². The second-order valence-electron chi connectivity index (χ2n) is 6.24. The zero-order valence-corrected chi connectivity index (χ0v) is 14.9. The number of hydrazine groups is 1. The lowest BCUT2D eigenvalue weighted by molar-refractivity contribution is 0.298. The van der Waals surface area contributed by atoms with Crippen molar-refractivity contribution in [1.82, 2.24) is 15.4 Å². The summed E-state index contributed by atoms with van der Waals surface area (Å²) in [5, 5.41) is 26.4. The molecule has 1 aromatic heterocycles. The molecule has 1 aliphatic rings. The minimum atomic E-state index is -0.605. The van der Waals surface area contributed by atoms with Gasteiger partial charge in [0.1, 0.15) is 5.75 Å². The maximum Gasteiger partial charge on any atom is 0.229 e. The van der Waals surface area contributed by atoms with Crippen LogP contribution in [0.5, 0.6) is 5.75 Å². The Labute approximate surface area is 160 Å². The highest BCUT2D eigenvalue weighted by Crippen LogP contribution is 2.29. The number of aromatic nitrogens is 2. The van der Waals surface area contributed by atoms with Crippen LogP contribution in [0.15, 0.2) is 48.7 Å². The molecule has 8 nitrogen and oxygen atoms in total. The van der Waals surface area contributed by atoms with Crippen LogP contribution in [0, 0.1) is 5.82 Å². The molecule has 2 aromatic carbocycles. The fourth-order valence-electron chi connectivity index (χ4n) is 3.00. The molecule has 28 heavy (non-hydrogen) atoms. The number of phenols is 1. The average Bonchev–Trinajstić information content (AvgIpc) is 3.07. The molecular formula is C19H19FN6O2.